The van der Waals surface area contributed by atoms with Gasteiger partial charge in [0.25, 0.3) is 0 Å². The van der Waals surface area contributed by atoms with Crippen molar-refractivity contribution in [3.05, 3.63) is 142 Å². The Morgan fingerprint density at radius 2 is 0.597 bits per heavy atom. The summed E-state index contributed by atoms with van der Waals surface area (Å²) < 4.78 is 9.57. The quantitative estimate of drug-likeness (QED) is 0.0282. The molecule has 0 aromatic carbocycles. The van der Waals surface area contributed by atoms with Crippen molar-refractivity contribution in [3.63, 3.8) is 0 Å². The molecular weight excluding hydrogens is 1720 g/mol. The second kappa shape index (κ2) is 62.4. The SMILES string of the molecule is CCCCCCCCCCCCC(CCCCCCCCCC)CCCCn1c(=O)c(-c2ccc(C)[se]2)cc2c1cc(-c1ccc(-c3cc4c(s3)C(c3cc(CCCCCC)c(CCCCCC)s3)c3cc(C)sc3C4c3cc(CCCCCC)c(CCCCCC)s3)[se]1)c(=O)n2CCCCC(CCCCCCCCCC)CCCCCCCCCCCC. The predicted octanol–water partition coefficient (Wildman–Crippen LogP) is 37.6. The molecule has 1 aliphatic rings. The molecule has 0 amide bonds. The molecule has 8 aromatic heterocycles. The average Bonchev–Trinajstić information content (AvgIpc) is 1.52. The number of unbranched alkanes of at least 4 members (excludes halogenated alkanes) is 46. The summed E-state index contributed by atoms with van der Waals surface area (Å²) >= 11 is 8.50. The number of aryl methyl sites for hydroxylation is 8. The van der Waals surface area contributed by atoms with Crippen LogP contribution in [0.1, 0.15) is 526 Å². The fraction of sp³-hybridized carbons (Fsp3) is 0.719. The van der Waals surface area contributed by atoms with Crippen LogP contribution < -0.4 is 11.1 Å². The number of hydrogen-bond acceptors (Lipinski definition) is 6. The number of aromatic nitrogens is 2. The van der Waals surface area contributed by atoms with Crippen molar-refractivity contribution < 1.29 is 0 Å². The number of thiophene rings is 4. The fourth-order valence-corrected chi connectivity index (χ4v) is 30.2. The Balaban J connectivity index is 1.11. The number of hydrogen-bond donors (Lipinski definition) is 0. The summed E-state index contributed by atoms with van der Waals surface area (Å²) in [5.74, 6) is 1.91. The zero-order chi connectivity index (χ0) is 87.6. The summed E-state index contributed by atoms with van der Waals surface area (Å²) in [4.78, 5) is 44.9. The molecule has 8 heterocycles. The van der Waals surface area contributed by atoms with E-state index < -0.39 is 0 Å². The summed E-state index contributed by atoms with van der Waals surface area (Å²) in [6.45, 7) is 24.8. The molecule has 0 aliphatic heterocycles. The third kappa shape index (κ3) is 35.2. The van der Waals surface area contributed by atoms with Gasteiger partial charge in [-0.3, -0.25) is 0 Å². The van der Waals surface area contributed by atoms with Crippen LogP contribution >= 0.6 is 45.3 Å². The van der Waals surface area contributed by atoms with Crippen LogP contribution in [-0.4, -0.2) is 38.1 Å². The van der Waals surface area contributed by atoms with E-state index in [1.165, 1.54) is 426 Å². The van der Waals surface area contributed by atoms with Gasteiger partial charge in [0, 0.05) is 0 Å². The van der Waals surface area contributed by atoms with Gasteiger partial charge in [-0.15, -0.1) is 0 Å². The van der Waals surface area contributed by atoms with Gasteiger partial charge in [0.1, 0.15) is 0 Å². The molecule has 0 radical (unpaired) electrons. The Morgan fingerprint density at radius 3 is 0.952 bits per heavy atom. The molecule has 124 heavy (non-hydrogen) atoms. The van der Waals surface area contributed by atoms with Crippen LogP contribution in [0, 0.1) is 25.7 Å². The van der Waals surface area contributed by atoms with Crippen LogP contribution in [0.4, 0.5) is 0 Å². The maximum absolute atomic E-state index is 16.5. The molecule has 0 bridgehead atoms. The predicted molar refractivity (Wildman–Crippen MR) is 558 cm³/mol. The van der Waals surface area contributed by atoms with Crippen molar-refractivity contribution in [1.29, 1.82) is 0 Å². The monoisotopic (exact) mass is 1900 g/mol. The topological polar surface area (TPSA) is 44.0 Å². The average molecular weight is 1900 g/mol. The maximum atomic E-state index is 16.5. The van der Waals surface area contributed by atoms with Crippen LogP contribution in [0.3, 0.4) is 0 Å². The first-order valence-electron chi connectivity index (χ1n) is 53.4. The molecule has 8 aromatic rings. The molecule has 4 nitrogen and oxygen atoms in total. The smallest absolute Gasteiger partial charge is 0.0654 e. The Hall–Kier alpha value is -3.04. The Bertz CT molecular complexity index is 4080. The molecule has 9 rings (SSSR count). The van der Waals surface area contributed by atoms with E-state index >= 15 is 9.59 Å². The summed E-state index contributed by atoms with van der Waals surface area (Å²) in [5, 5.41) is 0. The molecule has 0 fully saturated rings. The normalized spacial score (nSPS) is 14.0. The minimum Gasteiger partial charge on any atom is -0.0654 e. The van der Waals surface area contributed by atoms with E-state index in [2.05, 4.69) is 184 Å². The van der Waals surface area contributed by atoms with Crippen molar-refractivity contribution in [1.82, 2.24) is 9.13 Å². The first kappa shape index (κ1) is 105. The van der Waals surface area contributed by atoms with E-state index in [4.69, 9.17) is 0 Å². The first-order valence-corrected chi connectivity index (χ1v) is 60.1. The van der Waals surface area contributed by atoms with Crippen molar-refractivity contribution in [2.24, 2.45) is 11.8 Å². The minimum atomic E-state index is -0.133. The molecule has 1 aliphatic carbocycles. The molecule has 694 valence electrons. The van der Waals surface area contributed by atoms with Gasteiger partial charge in [-0.05, 0) is 0 Å². The molecule has 0 N–H and O–H groups in total. The van der Waals surface area contributed by atoms with E-state index in [1.807, 2.05) is 0 Å². The fourth-order valence-electron chi connectivity index (χ4n) is 20.6. The minimum absolute atomic E-state index is 0.0746. The van der Waals surface area contributed by atoms with Crippen molar-refractivity contribution in [2.45, 2.75) is 518 Å². The van der Waals surface area contributed by atoms with Crippen molar-refractivity contribution in [2.75, 3.05) is 0 Å². The zero-order valence-electron chi connectivity index (χ0n) is 81.3. The van der Waals surface area contributed by atoms with Crippen LogP contribution in [0.15, 0.2) is 70.3 Å². The van der Waals surface area contributed by atoms with Crippen LogP contribution in [0.2, 0.25) is 0 Å². The zero-order valence-corrected chi connectivity index (χ0v) is 88.0. The molecule has 0 saturated heterocycles. The van der Waals surface area contributed by atoms with Gasteiger partial charge in [0.2, 0.25) is 0 Å². The number of nitrogens with zero attached hydrogens (tertiary/aromatic N) is 2. The van der Waals surface area contributed by atoms with E-state index in [0.717, 1.165) is 59.7 Å². The Labute approximate surface area is 789 Å². The molecule has 10 heteroatoms. The summed E-state index contributed by atoms with van der Waals surface area (Å²) in [5.41, 5.74) is 10.3. The second-order valence-corrected chi connectivity index (χ2v) is 48.7. The molecule has 0 spiro atoms. The Kier molecular flexibility index (Phi) is 52.7. The molecule has 4 unspecified atom stereocenters. The van der Waals surface area contributed by atoms with Crippen molar-refractivity contribution >= 4 is 85.4 Å². The van der Waals surface area contributed by atoms with E-state index in [9.17, 15) is 0 Å². The summed E-state index contributed by atoms with van der Waals surface area (Å²) in [6.07, 6.45) is 87.3. The third-order valence-corrected chi connectivity index (χ3v) is 38.1. The molecular formula is C114H180N2O2S4Se2. The second-order valence-electron chi connectivity index (χ2n) is 39.0. The first-order chi connectivity index (χ1) is 61.0. The Morgan fingerprint density at radius 1 is 0.298 bits per heavy atom. The van der Waals surface area contributed by atoms with Gasteiger partial charge >= 0.3 is 535 Å². The van der Waals surface area contributed by atoms with Gasteiger partial charge < -0.3 is 0 Å². The number of rotatable bonds is 75. The van der Waals surface area contributed by atoms with Crippen LogP contribution in [0.5, 0.6) is 0 Å². The van der Waals surface area contributed by atoms with Gasteiger partial charge in [-0.25, -0.2) is 0 Å². The van der Waals surface area contributed by atoms with E-state index in [1.54, 1.807) is 51.5 Å². The van der Waals surface area contributed by atoms with Crippen LogP contribution in [0.25, 0.3) is 40.3 Å². The number of fused-ring (bicyclic) bond motifs is 3. The van der Waals surface area contributed by atoms with E-state index in [0.29, 0.717) is 13.1 Å². The third-order valence-electron chi connectivity index (χ3n) is 28.2. The molecule has 0 saturated carbocycles. The van der Waals surface area contributed by atoms with Gasteiger partial charge in [0.15, 0.2) is 0 Å². The van der Waals surface area contributed by atoms with Gasteiger partial charge in [-0.2, -0.15) is 0 Å². The summed E-state index contributed by atoms with van der Waals surface area (Å²) in [6, 6.07) is 24.6. The van der Waals surface area contributed by atoms with E-state index in [-0.39, 0.29) is 52.0 Å². The van der Waals surface area contributed by atoms with Gasteiger partial charge in [-0.1, -0.05) is 261 Å². The number of pyridine rings is 2. The van der Waals surface area contributed by atoms with Crippen LogP contribution in [-0.2, 0) is 38.8 Å². The van der Waals surface area contributed by atoms with Gasteiger partial charge in [0.05, 0.1) is 0 Å². The molecule has 4 atom stereocenters. The standard InChI is InChI=1S/C114H180N2O2S4Se2/c1-11-19-27-35-39-43-45-49-53-57-69-91(67-55-51-47-41-37-29-21-13-3)71-63-65-81-115-100-87-96(114(118)116(99(100)86-95(113(115)117)106-78-77-90(10)123-106)82-66-64-72-92(68-56-52-48-42-38-30-22-14-4)70-58-54-50-46-44-40-36-28-20-12-2)107-79-80-108(124-107)103-88-98-110(105-85-94(74-60-32-24-16-6)102(121-105)76-62-34-26-18-8)111-97(83-89(9)119-111)109(112(98)122-103)104-84-93(73-59-31-23-15-5)101(120-104)75-61-33-25-17-7/h77-80,83-88,91-92,109-110H,11-76,81-82H2,1-10H3. The van der Waals surface area contributed by atoms with Crippen molar-refractivity contribution in [3.8, 4) is 29.3 Å². The summed E-state index contributed by atoms with van der Waals surface area (Å²) in [7, 11) is 0.